The molecule has 1 aliphatic heterocycles. The van der Waals surface area contributed by atoms with Crippen LogP contribution in [0.15, 0.2) is 91.1 Å². The van der Waals surface area contributed by atoms with Crippen molar-refractivity contribution in [2.45, 2.75) is 96.0 Å². The Morgan fingerprint density at radius 3 is 2.00 bits per heavy atom. The molecule has 212 valence electrons. The lowest BCUT2D eigenvalue weighted by Crippen LogP contribution is -2.42. The molecule has 0 N–H and O–H groups in total. The van der Waals surface area contributed by atoms with Gasteiger partial charge in [-0.1, -0.05) is 105 Å². The van der Waals surface area contributed by atoms with Crippen molar-refractivity contribution in [3.05, 3.63) is 96.7 Å². The summed E-state index contributed by atoms with van der Waals surface area (Å²) in [5.74, 6) is 0.783. The highest BCUT2D eigenvalue weighted by atomic mass is 32.2. The Balaban J connectivity index is 1.57. The molecule has 0 aromatic heterocycles. The highest BCUT2D eigenvalue weighted by molar-refractivity contribution is 8.00. The molecule has 5 heteroatoms. The van der Waals surface area contributed by atoms with Crippen LogP contribution in [-0.4, -0.2) is 33.9 Å². The van der Waals surface area contributed by atoms with Crippen LogP contribution in [-0.2, 0) is 9.53 Å². The third kappa shape index (κ3) is 12.3. The second-order valence-electron chi connectivity index (χ2n) is 9.64. The van der Waals surface area contributed by atoms with E-state index in [0.717, 1.165) is 62.7 Å². The smallest absolute Gasteiger partial charge is 0.417 e. The number of hydrogen-bond acceptors (Lipinski definition) is 4. The minimum Gasteiger partial charge on any atom is -0.439 e. The summed E-state index contributed by atoms with van der Waals surface area (Å²) >= 11 is 1.66. The summed E-state index contributed by atoms with van der Waals surface area (Å²) < 4.78 is 5.57. The molecule has 0 spiro atoms. The summed E-state index contributed by atoms with van der Waals surface area (Å²) in [4.78, 5) is 27.0. The molecule has 0 unspecified atom stereocenters. The number of unbranched alkanes of at least 4 members (excludes halogenated alkanes) is 2. The number of cyclic esters (lactones) is 1. The van der Waals surface area contributed by atoms with Gasteiger partial charge in [0.2, 0.25) is 5.91 Å². The molecular weight excluding hydrogens is 502 g/mol. The normalized spacial score (nSPS) is 18.9. The summed E-state index contributed by atoms with van der Waals surface area (Å²) in [5.41, 5.74) is 0.921. The molecular formula is C34H47NO3S. The van der Waals surface area contributed by atoms with Crippen molar-refractivity contribution in [3.8, 4) is 0 Å². The molecule has 2 amide bonds. The molecule has 0 bridgehead atoms. The molecule has 4 nitrogen and oxygen atoms in total. The van der Waals surface area contributed by atoms with E-state index in [9.17, 15) is 9.59 Å². The summed E-state index contributed by atoms with van der Waals surface area (Å²) in [7, 11) is 0. The zero-order valence-electron chi connectivity index (χ0n) is 24.0. The number of hydrogen-bond donors (Lipinski definition) is 0. The maximum absolute atomic E-state index is 13.2. The number of nitrogens with zero attached hydrogens (tertiary/aromatic N) is 1. The van der Waals surface area contributed by atoms with E-state index >= 15 is 0 Å². The lowest BCUT2D eigenvalue weighted by molar-refractivity contribution is -0.128. The molecule has 1 aromatic carbocycles. The number of carbonyl (C=O) groups is 2. The summed E-state index contributed by atoms with van der Waals surface area (Å²) in [6.07, 6.45) is 30.2. The van der Waals surface area contributed by atoms with Crippen LogP contribution in [0.2, 0.25) is 0 Å². The van der Waals surface area contributed by atoms with Gasteiger partial charge >= 0.3 is 6.09 Å². The van der Waals surface area contributed by atoms with E-state index < -0.39 is 12.2 Å². The average molecular weight is 550 g/mol. The molecule has 1 aromatic rings. The lowest BCUT2D eigenvalue weighted by Gasteiger charge is -2.23. The Bertz CT molecular complexity index is 979. The Morgan fingerprint density at radius 2 is 1.44 bits per heavy atom. The Labute approximate surface area is 241 Å². The van der Waals surface area contributed by atoms with Crippen molar-refractivity contribution >= 4 is 23.8 Å². The maximum Gasteiger partial charge on any atom is 0.417 e. The van der Waals surface area contributed by atoms with Crippen LogP contribution in [0.25, 0.3) is 0 Å². The van der Waals surface area contributed by atoms with E-state index in [4.69, 9.17) is 4.74 Å². The monoisotopic (exact) mass is 549 g/mol. The van der Waals surface area contributed by atoms with Crippen LogP contribution in [0.5, 0.6) is 0 Å². The first-order valence-electron chi connectivity index (χ1n) is 14.5. The minimum atomic E-state index is -0.529. The van der Waals surface area contributed by atoms with E-state index in [0.29, 0.717) is 6.42 Å². The van der Waals surface area contributed by atoms with Gasteiger partial charge in [-0.25, -0.2) is 9.69 Å². The third-order valence-electron chi connectivity index (χ3n) is 6.52. The van der Waals surface area contributed by atoms with E-state index in [2.05, 4.69) is 67.7 Å². The molecule has 0 radical (unpaired) electrons. The Morgan fingerprint density at radius 1 is 0.872 bits per heavy atom. The zero-order chi connectivity index (χ0) is 28.1. The summed E-state index contributed by atoms with van der Waals surface area (Å²) in [5, 5.41) is -0.219. The first-order valence-corrected chi connectivity index (χ1v) is 15.6. The predicted molar refractivity (Wildman–Crippen MR) is 167 cm³/mol. The Hall–Kier alpha value is -2.79. The van der Waals surface area contributed by atoms with Crippen LogP contribution in [0.3, 0.4) is 0 Å². The fraction of sp³-hybridized carbons (Fsp3) is 0.471. The number of rotatable bonds is 18. The highest BCUT2D eigenvalue weighted by Crippen LogP contribution is 2.34. The molecule has 39 heavy (non-hydrogen) atoms. The van der Waals surface area contributed by atoms with Gasteiger partial charge in [0.05, 0.1) is 11.3 Å². The van der Waals surface area contributed by atoms with Crippen LogP contribution in [0, 0.1) is 0 Å². The molecule has 1 fully saturated rings. The topological polar surface area (TPSA) is 46.6 Å². The van der Waals surface area contributed by atoms with Crippen LogP contribution >= 0.6 is 11.8 Å². The van der Waals surface area contributed by atoms with Gasteiger partial charge in [-0.2, -0.15) is 0 Å². The van der Waals surface area contributed by atoms with Crippen LogP contribution in [0.1, 0.15) is 90.2 Å². The number of carbonyl (C=O) groups excluding carboxylic acids is 2. The van der Waals surface area contributed by atoms with Crippen LogP contribution < -0.4 is 0 Å². The minimum absolute atomic E-state index is 0.128. The van der Waals surface area contributed by atoms with Gasteiger partial charge < -0.3 is 4.74 Å². The number of ether oxygens (including phenoxy) is 1. The van der Waals surface area contributed by atoms with E-state index in [-0.39, 0.29) is 17.2 Å². The third-order valence-corrected chi connectivity index (χ3v) is 7.99. The predicted octanol–water partition coefficient (Wildman–Crippen LogP) is 9.53. The molecule has 2 rings (SSSR count). The number of allylic oxidation sites excluding steroid dienone is 10. The number of thioether (sulfide) groups is 1. The zero-order valence-corrected chi connectivity index (χ0v) is 24.9. The SMILES string of the molecule is CC/C=C\C/C=C\C/C=C/C/C=C\C/C=C\CCCCS[C@@H](CC)C(=O)N1C(=O)O[C@H](c2ccccc2)[C@@H]1C. The van der Waals surface area contributed by atoms with Crippen LogP contribution in [0.4, 0.5) is 4.79 Å². The van der Waals surface area contributed by atoms with Crippen molar-refractivity contribution in [2.75, 3.05) is 5.75 Å². The molecule has 1 saturated heterocycles. The molecule has 1 aliphatic rings. The van der Waals surface area contributed by atoms with E-state index in [1.54, 1.807) is 11.8 Å². The summed E-state index contributed by atoms with van der Waals surface area (Å²) in [6.45, 7) is 6.05. The standard InChI is InChI=1S/C34H47NO3S/c1-4-6-7-8-9-10-11-12-13-14-15-16-17-18-19-20-21-25-28-39-31(5-2)33(36)35-29(3)32(38-34(35)37)30-26-23-22-24-27-30/h6-7,9-10,12-13,15-16,18-19,22-24,26-27,29,31-32H,4-5,8,11,14,17,20-21,25,28H2,1-3H3/b7-6-,10-9-,13-12+,16-15-,19-18-/t29-,31-,32-/m0/s1. The lowest BCUT2D eigenvalue weighted by atomic mass is 10.0. The van der Waals surface area contributed by atoms with Crippen molar-refractivity contribution in [1.82, 2.24) is 4.90 Å². The first kappa shape index (κ1) is 32.4. The number of benzene rings is 1. The first-order chi connectivity index (χ1) is 19.1. The average Bonchev–Trinajstić information content (AvgIpc) is 3.25. The van der Waals surface area contributed by atoms with Gasteiger partial charge in [0.15, 0.2) is 0 Å². The van der Waals surface area contributed by atoms with Crippen molar-refractivity contribution in [3.63, 3.8) is 0 Å². The second kappa shape index (κ2) is 20.2. The maximum atomic E-state index is 13.2. The van der Waals surface area contributed by atoms with Gasteiger partial charge in [-0.05, 0) is 76.0 Å². The quantitative estimate of drug-likeness (QED) is 0.135. The molecule has 0 saturated carbocycles. The largest absolute Gasteiger partial charge is 0.439 e. The Kier molecular flexibility index (Phi) is 16.8. The number of amides is 2. The van der Waals surface area contributed by atoms with Crippen molar-refractivity contribution in [2.24, 2.45) is 0 Å². The van der Waals surface area contributed by atoms with Gasteiger partial charge in [0.25, 0.3) is 0 Å². The van der Waals surface area contributed by atoms with Crippen molar-refractivity contribution in [1.29, 1.82) is 0 Å². The van der Waals surface area contributed by atoms with E-state index in [1.807, 2.05) is 44.2 Å². The molecule has 1 heterocycles. The molecule has 3 atom stereocenters. The molecule has 0 aliphatic carbocycles. The van der Waals surface area contributed by atoms with Gasteiger partial charge in [-0.15, -0.1) is 11.8 Å². The summed E-state index contributed by atoms with van der Waals surface area (Å²) in [6, 6.07) is 9.34. The number of imide groups is 1. The fourth-order valence-electron chi connectivity index (χ4n) is 4.32. The van der Waals surface area contributed by atoms with Gasteiger partial charge in [0.1, 0.15) is 6.10 Å². The second-order valence-corrected chi connectivity index (χ2v) is 10.9. The van der Waals surface area contributed by atoms with Gasteiger partial charge in [-0.3, -0.25) is 4.79 Å². The van der Waals surface area contributed by atoms with Crippen molar-refractivity contribution < 1.29 is 14.3 Å². The fourth-order valence-corrected chi connectivity index (χ4v) is 5.47. The van der Waals surface area contributed by atoms with E-state index in [1.165, 1.54) is 4.90 Å². The van der Waals surface area contributed by atoms with Gasteiger partial charge in [0, 0.05) is 0 Å². The highest BCUT2D eigenvalue weighted by Gasteiger charge is 2.44.